The van der Waals surface area contributed by atoms with E-state index < -0.39 is 10.0 Å². The van der Waals surface area contributed by atoms with Gasteiger partial charge in [-0.3, -0.25) is 4.79 Å². The smallest absolute Gasteiger partial charge is 0.243 e. The number of methoxy groups -OCH3 is 1. The molecule has 206 valence electrons. The summed E-state index contributed by atoms with van der Waals surface area (Å²) in [5, 5.41) is 8.37. The van der Waals surface area contributed by atoms with Gasteiger partial charge in [0.25, 0.3) is 0 Å². The number of carbonyl (C=O) groups is 1. The minimum Gasteiger partial charge on any atom is -0.494 e. The normalized spacial score (nSPS) is 12.8. The number of ketones is 1. The molecule has 1 unspecified atom stereocenters. The maximum atomic E-state index is 13.4. The number of Topliss-reactive ketones (excluding diaryl/α,β-unsaturated/α-hetero) is 1. The maximum absolute atomic E-state index is 13.4. The van der Waals surface area contributed by atoms with E-state index in [0.29, 0.717) is 17.2 Å². The fourth-order valence-corrected chi connectivity index (χ4v) is 6.00. The molecule has 0 N–H and O–H groups in total. The van der Waals surface area contributed by atoms with Crippen molar-refractivity contribution in [3.63, 3.8) is 0 Å². The Morgan fingerprint density at radius 1 is 1.03 bits per heavy atom. The molecule has 0 bridgehead atoms. The molecule has 0 radical (unpaired) electrons. The fourth-order valence-electron chi connectivity index (χ4n) is 4.86. The molecular formula is C30H36N4O4S. The molecule has 8 nitrogen and oxygen atoms in total. The lowest BCUT2D eigenvalue weighted by Gasteiger charge is -2.22. The lowest BCUT2D eigenvalue weighted by molar-refractivity contribution is -0.117. The Hall–Kier alpha value is -3.56. The molecule has 0 saturated heterocycles. The van der Waals surface area contributed by atoms with E-state index in [9.17, 15) is 13.2 Å². The van der Waals surface area contributed by atoms with Gasteiger partial charge in [0.15, 0.2) is 0 Å². The Morgan fingerprint density at radius 3 is 2.31 bits per heavy atom. The number of sulfonamides is 1. The van der Waals surface area contributed by atoms with Gasteiger partial charge in [0.2, 0.25) is 10.0 Å². The van der Waals surface area contributed by atoms with Gasteiger partial charge in [0.1, 0.15) is 22.6 Å². The van der Waals surface area contributed by atoms with Gasteiger partial charge in [-0.2, -0.15) is 4.31 Å². The average Bonchev–Trinajstić information content (AvgIpc) is 3.28. The second-order valence-electron chi connectivity index (χ2n) is 10.4. The van der Waals surface area contributed by atoms with E-state index in [1.165, 1.54) is 4.31 Å². The highest BCUT2D eigenvalue weighted by atomic mass is 32.2. The molecule has 3 aromatic carbocycles. The number of hydrogen-bond donors (Lipinski definition) is 0. The van der Waals surface area contributed by atoms with E-state index >= 15 is 0 Å². The second kappa shape index (κ2) is 11.3. The number of nitrogens with zero attached hydrogens (tertiary/aromatic N) is 4. The van der Waals surface area contributed by atoms with Crippen molar-refractivity contribution >= 4 is 26.8 Å². The minimum absolute atomic E-state index is 0.0462. The highest BCUT2D eigenvalue weighted by molar-refractivity contribution is 7.89. The van der Waals surface area contributed by atoms with Gasteiger partial charge in [-0.1, -0.05) is 49.4 Å². The zero-order chi connectivity index (χ0) is 28.5. The number of ether oxygens (including phenoxy) is 1. The van der Waals surface area contributed by atoms with Crippen LogP contribution in [0.15, 0.2) is 59.5 Å². The Kier molecular flexibility index (Phi) is 8.23. The van der Waals surface area contributed by atoms with Crippen LogP contribution in [0.4, 0.5) is 0 Å². The summed E-state index contributed by atoms with van der Waals surface area (Å²) in [4.78, 5) is 12.6. The zero-order valence-electron chi connectivity index (χ0n) is 23.6. The Bertz CT molecular complexity index is 1610. The molecule has 0 saturated carbocycles. The van der Waals surface area contributed by atoms with Crippen molar-refractivity contribution in [1.82, 2.24) is 19.3 Å². The Labute approximate surface area is 230 Å². The average molecular weight is 549 g/mol. The molecule has 1 aromatic heterocycles. The number of fused-ring (bicyclic) bond motifs is 1. The monoisotopic (exact) mass is 548 g/mol. The number of benzene rings is 3. The van der Waals surface area contributed by atoms with Gasteiger partial charge in [-0.15, -0.1) is 5.10 Å². The van der Waals surface area contributed by atoms with Crippen LogP contribution in [-0.4, -0.2) is 47.7 Å². The third-order valence-corrected chi connectivity index (χ3v) is 9.04. The first kappa shape index (κ1) is 28.4. The van der Waals surface area contributed by atoms with Gasteiger partial charge in [-0.05, 0) is 71.8 Å². The summed E-state index contributed by atoms with van der Waals surface area (Å²) in [6.07, 6.45) is 0.285. The van der Waals surface area contributed by atoms with Crippen LogP contribution < -0.4 is 4.74 Å². The van der Waals surface area contributed by atoms with Gasteiger partial charge in [-0.25, -0.2) is 13.1 Å². The van der Waals surface area contributed by atoms with Crippen LogP contribution in [-0.2, 0) is 28.4 Å². The summed E-state index contributed by atoms with van der Waals surface area (Å²) in [6.45, 7) is 7.89. The Morgan fingerprint density at radius 2 is 1.69 bits per heavy atom. The van der Waals surface area contributed by atoms with Gasteiger partial charge >= 0.3 is 0 Å². The number of aromatic nitrogens is 3. The highest BCUT2D eigenvalue weighted by Crippen LogP contribution is 2.35. The largest absolute Gasteiger partial charge is 0.494 e. The first-order valence-electron chi connectivity index (χ1n) is 12.9. The van der Waals surface area contributed by atoms with Crippen molar-refractivity contribution in [2.45, 2.75) is 57.4 Å². The molecule has 0 aliphatic carbocycles. The first-order chi connectivity index (χ1) is 18.4. The molecule has 4 aromatic rings. The molecule has 39 heavy (non-hydrogen) atoms. The first-order valence-corrected chi connectivity index (χ1v) is 14.4. The quantitative estimate of drug-likeness (QED) is 0.266. The van der Waals surface area contributed by atoms with Crippen LogP contribution >= 0.6 is 0 Å². The molecule has 9 heteroatoms. The predicted octanol–water partition coefficient (Wildman–Crippen LogP) is 5.34. The number of aryl methyl sites for hydroxylation is 2. The molecule has 0 aliphatic rings. The third kappa shape index (κ3) is 5.89. The lowest BCUT2D eigenvalue weighted by Crippen LogP contribution is -2.27. The molecule has 0 aliphatic heterocycles. The summed E-state index contributed by atoms with van der Waals surface area (Å²) >= 11 is 0. The minimum atomic E-state index is -3.69. The van der Waals surface area contributed by atoms with Crippen molar-refractivity contribution in [1.29, 1.82) is 0 Å². The van der Waals surface area contributed by atoms with Crippen LogP contribution in [0.5, 0.6) is 5.75 Å². The van der Waals surface area contributed by atoms with E-state index in [1.54, 1.807) is 44.9 Å². The van der Waals surface area contributed by atoms with E-state index in [2.05, 4.69) is 24.2 Å². The van der Waals surface area contributed by atoms with Crippen LogP contribution in [0, 0.1) is 6.92 Å². The second-order valence-corrected chi connectivity index (χ2v) is 12.5. The van der Waals surface area contributed by atoms with Crippen molar-refractivity contribution in [3.05, 3.63) is 82.4 Å². The molecule has 4 rings (SSSR count). The molecule has 0 fully saturated rings. The van der Waals surface area contributed by atoms with Crippen LogP contribution in [0.1, 0.15) is 66.8 Å². The van der Waals surface area contributed by atoms with Crippen molar-refractivity contribution < 1.29 is 17.9 Å². The van der Waals surface area contributed by atoms with E-state index in [0.717, 1.165) is 33.3 Å². The zero-order valence-corrected chi connectivity index (χ0v) is 24.4. The summed E-state index contributed by atoms with van der Waals surface area (Å²) in [5.41, 5.74) is 6.20. The Balaban J connectivity index is 1.70. The molecule has 1 atom stereocenters. The highest BCUT2D eigenvalue weighted by Gasteiger charge is 2.24. The number of carbonyl (C=O) groups excluding carboxylic acids is 1. The maximum Gasteiger partial charge on any atom is 0.243 e. The number of hydrogen-bond acceptors (Lipinski definition) is 6. The molecule has 0 spiro atoms. The van der Waals surface area contributed by atoms with Crippen molar-refractivity contribution in [2.75, 3.05) is 14.2 Å². The summed E-state index contributed by atoms with van der Waals surface area (Å²) < 4.78 is 35.4. The topological polar surface area (TPSA) is 94.4 Å². The summed E-state index contributed by atoms with van der Waals surface area (Å²) in [6, 6.07) is 16.9. The summed E-state index contributed by atoms with van der Waals surface area (Å²) in [7, 11) is 1.31. The van der Waals surface area contributed by atoms with E-state index in [-0.39, 0.29) is 29.6 Å². The number of rotatable bonds is 10. The van der Waals surface area contributed by atoms with Crippen LogP contribution in [0.3, 0.4) is 0 Å². The fraction of sp³-hybridized carbons (Fsp3) is 0.367. The lowest BCUT2D eigenvalue weighted by atomic mass is 9.85. The van der Waals surface area contributed by atoms with E-state index in [4.69, 9.17) is 4.74 Å². The van der Waals surface area contributed by atoms with Crippen LogP contribution in [0.2, 0.25) is 0 Å². The van der Waals surface area contributed by atoms with Gasteiger partial charge in [0.05, 0.1) is 12.0 Å². The summed E-state index contributed by atoms with van der Waals surface area (Å²) in [5.74, 6) is 0.741. The predicted molar refractivity (Wildman–Crippen MR) is 153 cm³/mol. The SMILES string of the molecule is COc1cc(C(CC(C)=O)c2ccc(C)c(CN(C)S(=O)(=O)c3ccc(C(C)C)cc3)c2)cc2nnn(C)c12. The van der Waals surface area contributed by atoms with Crippen molar-refractivity contribution in [2.24, 2.45) is 7.05 Å². The van der Waals surface area contributed by atoms with Gasteiger partial charge in [0, 0.05) is 33.0 Å². The molecule has 1 heterocycles. The van der Waals surface area contributed by atoms with E-state index in [1.807, 2.05) is 49.4 Å². The molecular weight excluding hydrogens is 512 g/mol. The third-order valence-electron chi connectivity index (χ3n) is 7.22. The molecule has 0 amide bonds. The van der Waals surface area contributed by atoms with Crippen molar-refractivity contribution in [3.8, 4) is 5.75 Å². The standard InChI is InChI=1S/C30H36N4O4S/c1-19(2)22-10-12-26(13-11-22)39(36,37)33(5)18-25-15-23(9-8-20(25)3)27(14-21(4)35)24-16-28-30(29(17-24)38-7)34(6)32-31-28/h8-13,15-17,19,27H,14,18H2,1-7H3. The van der Waals surface area contributed by atoms with Gasteiger partial charge < -0.3 is 4.74 Å². The van der Waals surface area contributed by atoms with Crippen LogP contribution in [0.25, 0.3) is 11.0 Å².